The van der Waals surface area contributed by atoms with Crippen molar-refractivity contribution in [3.05, 3.63) is 77.2 Å². The van der Waals surface area contributed by atoms with E-state index in [4.69, 9.17) is 9.26 Å². The maximum Gasteiger partial charge on any atom is 0.249 e. The SMILES string of the molecule is COCC(=O)N1CCCC1C(=O)Nc1ccc(/C=C/c2ccc(NC(=O)C3CCCN3C(=O)Cc3cc(C)no3)cc2)cc1. The van der Waals surface area contributed by atoms with E-state index < -0.39 is 12.1 Å². The highest BCUT2D eigenvalue weighted by Crippen LogP contribution is 2.23. The Morgan fingerprint density at radius 1 is 0.841 bits per heavy atom. The van der Waals surface area contributed by atoms with Gasteiger partial charge in [0.15, 0.2) is 0 Å². The van der Waals surface area contributed by atoms with Crippen molar-refractivity contribution in [3.63, 3.8) is 0 Å². The minimum Gasteiger partial charge on any atom is -0.375 e. The third-order valence-electron chi connectivity index (χ3n) is 7.85. The van der Waals surface area contributed by atoms with Crippen LogP contribution < -0.4 is 10.6 Å². The summed E-state index contributed by atoms with van der Waals surface area (Å²) in [6, 6.07) is 15.7. The highest BCUT2D eigenvalue weighted by molar-refractivity contribution is 5.98. The van der Waals surface area contributed by atoms with E-state index in [9.17, 15) is 19.2 Å². The van der Waals surface area contributed by atoms with E-state index in [1.165, 1.54) is 7.11 Å². The second kappa shape index (κ2) is 14.1. The highest BCUT2D eigenvalue weighted by atomic mass is 16.5. The molecule has 3 heterocycles. The number of carbonyl (C=O) groups is 4. The summed E-state index contributed by atoms with van der Waals surface area (Å²) in [6.45, 7) is 2.86. The van der Waals surface area contributed by atoms with Crippen molar-refractivity contribution in [2.45, 2.75) is 51.1 Å². The summed E-state index contributed by atoms with van der Waals surface area (Å²) in [5, 5.41) is 9.68. The first-order chi connectivity index (χ1) is 21.3. The molecular weight excluding hydrogens is 562 g/mol. The summed E-state index contributed by atoms with van der Waals surface area (Å²) in [5.74, 6) is -0.236. The number of anilines is 2. The zero-order chi connectivity index (χ0) is 31.1. The zero-order valence-electron chi connectivity index (χ0n) is 25.0. The highest BCUT2D eigenvalue weighted by Gasteiger charge is 2.35. The van der Waals surface area contributed by atoms with E-state index in [1.54, 1.807) is 22.8 Å². The van der Waals surface area contributed by atoms with Crippen LogP contribution in [0.1, 0.15) is 48.3 Å². The number of carbonyl (C=O) groups excluding carboxylic acids is 4. The molecule has 230 valence electrons. The van der Waals surface area contributed by atoms with Crippen molar-refractivity contribution < 1.29 is 28.4 Å². The van der Waals surface area contributed by atoms with Crippen LogP contribution in [0.4, 0.5) is 11.4 Å². The molecule has 2 fully saturated rings. The summed E-state index contributed by atoms with van der Waals surface area (Å²) in [6.07, 6.45) is 6.80. The molecule has 1 aromatic heterocycles. The first-order valence-corrected chi connectivity index (χ1v) is 14.8. The van der Waals surface area contributed by atoms with Crippen LogP contribution in [0.3, 0.4) is 0 Å². The minimum absolute atomic E-state index is 0.0323. The Morgan fingerprint density at radius 3 is 1.80 bits per heavy atom. The predicted octanol–water partition coefficient (Wildman–Crippen LogP) is 3.90. The summed E-state index contributed by atoms with van der Waals surface area (Å²) < 4.78 is 10.1. The third-order valence-corrected chi connectivity index (χ3v) is 7.85. The van der Waals surface area contributed by atoms with Crippen molar-refractivity contribution in [1.82, 2.24) is 15.0 Å². The van der Waals surface area contributed by atoms with Gasteiger partial charge in [-0.05, 0) is 68.0 Å². The Balaban J connectivity index is 1.11. The zero-order valence-corrected chi connectivity index (χ0v) is 25.0. The molecule has 2 saturated heterocycles. The van der Waals surface area contributed by atoms with E-state index in [1.807, 2.05) is 60.7 Å². The molecule has 0 radical (unpaired) electrons. The number of nitrogens with one attached hydrogen (secondary N) is 2. The smallest absolute Gasteiger partial charge is 0.249 e. The number of benzene rings is 2. The molecular formula is C33H37N5O6. The number of likely N-dealkylation sites (tertiary alicyclic amines) is 2. The molecule has 2 atom stereocenters. The third kappa shape index (κ3) is 7.59. The van der Waals surface area contributed by atoms with Gasteiger partial charge < -0.3 is 29.7 Å². The lowest BCUT2D eigenvalue weighted by Crippen LogP contribution is -2.44. The van der Waals surface area contributed by atoms with Crippen LogP contribution >= 0.6 is 0 Å². The Kier molecular flexibility index (Phi) is 9.86. The van der Waals surface area contributed by atoms with E-state index in [0.717, 1.165) is 24.0 Å². The van der Waals surface area contributed by atoms with Crippen molar-refractivity contribution in [2.24, 2.45) is 0 Å². The molecule has 4 amide bonds. The number of hydrogen-bond acceptors (Lipinski definition) is 7. The molecule has 2 N–H and O–H groups in total. The molecule has 0 bridgehead atoms. The van der Waals surface area contributed by atoms with Crippen molar-refractivity contribution >= 4 is 47.2 Å². The lowest BCUT2D eigenvalue weighted by atomic mass is 10.1. The van der Waals surface area contributed by atoms with Gasteiger partial charge in [0.05, 0.1) is 12.1 Å². The van der Waals surface area contributed by atoms with Gasteiger partial charge in [0, 0.05) is 37.6 Å². The lowest BCUT2D eigenvalue weighted by Gasteiger charge is -2.23. The van der Waals surface area contributed by atoms with Crippen molar-refractivity contribution in [1.29, 1.82) is 0 Å². The Morgan fingerprint density at radius 2 is 1.34 bits per heavy atom. The molecule has 0 aliphatic carbocycles. The number of ether oxygens (including phenoxy) is 1. The molecule has 0 saturated carbocycles. The predicted molar refractivity (Wildman–Crippen MR) is 165 cm³/mol. The van der Waals surface area contributed by atoms with Gasteiger partial charge in [-0.15, -0.1) is 0 Å². The van der Waals surface area contributed by atoms with Crippen LogP contribution in [-0.2, 0) is 30.3 Å². The molecule has 44 heavy (non-hydrogen) atoms. The lowest BCUT2D eigenvalue weighted by molar-refractivity contribution is -0.139. The fourth-order valence-electron chi connectivity index (χ4n) is 5.63. The normalized spacial score (nSPS) is 18.1. The number of hydrogen-bond donors (Lipinski definition) is 2. The average Bonchev–Trinajstić information content (AvgIpc) is 3.79. The fourth-order valence-corrected chi connectivity index (χ4v) is 5.63. The Bertz CT molecular complexity index is 1510. The fraction of sp³-hybridized carbons (Fsp3) is 0.364. The summed E-state index contributed by atoms with van der Waals surface area (Å²) in [4.78, 5) is 54.1. The standard InChI is InChI=1S/C33H37N5O6/c1-22-19-27(44-36-22)20-30(39)37-17-3-5-28(37)32(41)34-25-13-9-23(10-14-25)7-8-24-11-15-26(16-12-24)35-33(42)29-6-4-18-38(29)31(40)21-43-2/h7-16,19,28-29H,3-6,17-18,20-21H2,1-2H3,(H,34,41)(H,35,42)/b8-7+. The second-order valence-electron chi connectivity index (χ2n) is 11.1. The number of nitrogens with zero attached hydrogens (tertiary/aromatic N) is 3. The first-order valence-electron chi connectivity index (χ1n) is 14.8. The summed E-state index contributed by atoms with van der Waals surface area (Å²) in [5.41, 5.74) is 3.93. The summed E-state index contributed by atoms with van der Waals surface area (Å²) >= 11 is 0. The molecule has 3 aromatic rings. The Labute approximate surface area is 256 Å². The molecule has 2 unspecified atom stereocenters. The van der Waals surface area contributed by atoms with E-state index >= 15 is 0 Å². The Hall–Kier alpha value is -4.77. The van der Waals surface area contributed by atoms with Crippen LogP contribution in [0.5, 0.6) is 0 Å². The molecule has 5 rings (SSSR count). The largest absolute Gasteiger partial charge is 0.375 e. The average molecular weight is 600 g/mol. The number of aromatic nitrogens is 1. The number of amides is 4. The number of rotatable bonds is 10. The van der Waals surface area contributed by atoms with Crippen molar-refractivity contribution in [3.8, 4) is 0 Å². The quantitative estimate of drug-likeness (QED) is 0.338. The van der Waals surface area contributed by atoms with Gasteiger partial charge in [0.25, 0.3) is 0 Å². The second-order valence-corrected chi connectivity index (χ2v) is 11.1. The number of methoxy groups -OCH3 is 1. The van der Waals surface area contributed by atoms with Crippen LogP contribution in [0.25, 0.3) is 12.2 Å². The van der Waals surface area contributed by atoms with Crippen LogP contribution in [-0.4, -0.2) is 77.5 Å². The minimum atomic E-state index is -0.519. The molecule has 2 aliphatic heterocycles. The summed E-state index contributed by atoms with van der Waals surface area (Å²) in [7, 11) is 1.47. The van der Waals surface area contributed by atoms with Gasteiger partial charge in [-0.1, -0.05) is 41.6 Å². The topological polar surface area (TPSA) is 134 Å². The van der Waals surface area contributed by atoms with Gasteiger partial charge >= 0.3 is 0 Å². The van der Waals surface area contributed by atoms with Gasteiger partial charge in [-0.25, -0.2) is 0 Å². The van der Waals surface area contributed by atoms with Crippen molar-refractivity contribution in [2.75, 3.05) is 37.4 Å². The first kappa shape index (κ1) is 30.7. The molecule has 0 spiro atoms. The van der Waals surface area contributed by atoms with E-state index in [-0.39, 0.29) is 36.7 Å². The van der Waals surface area contributed by atoms with Crippen LogP contribution in [0.15, 0.2) is 59.1 Å². The number of aryl methyl sites for hydroxylation is 1. The maximum atomic E-state index is 13.0. The van der Waals surface area contributed by atoms with Gasteiger partial charge in [0.2, 0.25) is 23.6 Å². The molecule has 11 heteroatoms. The van der Waals surface area contributed by atoms with Crippen LogP contribution in [0.2, 0.25) is 0 Å². The maximum absolute atomic E-state index is 13.0. The van der Waals surface area contributed by atoms with Crippen LogP contribution in [0, 0.1) is 6.92 Å². The van der Waals surface area contributed by atoms with Gasteiger partial charge in [-0.2, -0.15) is 0 Å². The van der Waals surface area contributed by atoms with Gasteiger partial charge in [0.1, 0.15) is 24.5 Å². The van der Waals surface area contributed by atoms with E-state index in [0.29, 0.717) is 48.8 Å². The molecule has 2 aromatic carbocycles. The molecule has 11 nitrogen and oxygen atoms in total. The molecule has 2 aliphatic rings. The monoisotopic (exact) mass is 599 g/mol. The van der Waals surface area contributed by atoms with Gasteiger partial charge in [-0.3, -0.25) is 19.2 Å². The van der Waals surface area contributed by atoms with E-state index in [2.05, 4.69) is 15.8 Å².